The number of rotatable bonds is 5. The second kappa shape index (κ2) is 6.85. The normalized spacial score (nSPS) is 18.6. The molecule has 3 rings (SSSR count). The smallest absolute Gasteiger partial charge is 0.250 e. The lowest BCUT2D eigenvalue weighted by Crippen LogP contribution is -2.41. The number of benzene rings is 1. The van der Waals surface area contributed by atoms with Crippen LogP contribution in [-0.4, -0.2) is 57.7 Å². The van der Waals surface area contributed by atoms with Gasteiger partial charge in [0.2, 0.25) is 5.95 Å². The van der Waals surface area contributed by atoms with Gasteiger partial charge in [0.15, 0.2) is 0 Å². The van der Waals surface area contributed by atoms with Gasteiger partial charge in [-0.25, -0.2) is 0 Å². The predicted octanol–water partition coefficient (Wildman–Crippen LogP) is 0.948. The van der Waals surface area contributed by atoms with Crippen LogP contribution in [0.2, 0.25) is 0 Å². The largest absolute Gasteiger partial charge is 0.394 e. The zero-order valence-corrected chi connectivity index (χ0v) is 12.7. The number of nitrogens with zero attached hydrogens (tertiary/aromatic N) is 5. The molecule has 0 radical (unpaired) electrons. The molecule has 0 spiro atoms. The zero-order chi connectivity index (χ0) is 15.4. The molecule has 22 heavy (non-hydrogen) atoms. The van der Waals surface area contributed by atoms with Gasteiger partial charge in [-0.2, -0.15) is 4.68 Å². The lowest BCUT2D eigenvalue weighted by Gasteiger charge is -2.32. The molecular weight excluding hydrogens is 282 g/mol. The minimum atomic E-state index is 0.0532. The molecule has 0 unspecified atom stereocenters. The molecule has 1 aromatic heterocycles. The lowest BCUT2D eigenvalue weighted by molar-refractivity contribution is 0.0211. The fourth-order valence-electron chi connectivity index (χ4n) is 2.71. The zero-order valence-electron chi connectivity index (χ0n) is 12.7. The molecular formula is C15H21N5O2. The maximum atomic E-state index is 8.89. The average molecular weight is 303 g/mol. The van der Waals surface area contributed by atoms with E-state index in [1.54, 1.807) is 4.68 Å². The Balaban J connectivity index is 1.77. The standard InChI is InChI=1S/C15H21N5O2/c1-12-4-6-13(7-5-12)20-15(16-17-18-20)19-8-2-3-14(11-19)22-10-9-21/h4-7,14,21H,2-3,8-11H2,1H3/t14-/m0/s1. The molecule has 1 fully saturated rings. The minimum Gasteiger partial charge on any atom is -0.394 e. The third-order valence-corrected chi connectivity index (χ3v) is 3.84. The summed E-state index contributed by atoms with van der Waals surface area (Å²) in [6, 6.07) is 8.12. The van der Waals surface area contributed by atoms with Crippen molar-refractivity contribution < 1.29 is 9.84 Å². The molecule has 1 atom stereocenters. The Labute approximate surface area is 129 Å². The number of ether oxygens (including phenoxy) is 1. The topological polar surface area (TPSA) is 76.3 Å². The number of hydrogen-bond donors (Lipinski definition) is 1. The molecule has 0 saturated carbocycles. The summed E-state index contributed by atoms with van der Waals surface area (Å²) >= 11 is 0. The maximum Gasteiger partial charge on any atom is 0.250 e. The monoisotopic (exact) mass is 303 g/mol. The first-order chi connectivity index (χ1) is 10.8. The van der Waals surface area contributed by atoms with Gasteiger partial charge in [-0.05, 0) is 42.3 Å². The van der Waals surface area contributed by atoms with Crippen LogP contribution in [0.3, 0.4) is 0 Å². The molecule has 0 bridgehead atoms. The maximum absolute atomic E-state index is 8.89. The molecule has 2 heterocycles. The van der Waals surface area contributed by atoms with Crippen LogP contribution in [-0.2, 0) is 4.74 Å². The lowest BCUT2D eigenvalue weighted by atomic mass is 10.1. The Morgan fingerprint density at radius 1 is 1.32 bits per heavy atom. The molecule has 1 saturated heterocycles. The number of aliphatic hydroxyl groups excluding tert-OH is 1. The fourth-order valence-corrected chi connectivity index (χ4v) is 2.71. The van der Waals surface area contributed by atoms with Gasteiger partial charge in [0.05, 0.1) is 25.0 Å². The highest BCUT2D eigenvalue weighted by Crippen LogP contribution is 2.21. The quantitative estimate of drug-likeness (QED) is 0.886. The van der Waals surface area contributed by atoms with Crippen LogP contribution in [0, 0.1) is 6.92 Å². The van der Waals surface area contributed by atoms with Gasteiger partial charge >= 0.3 is 0 Å². The summed E-state index contributed by atoms with van der Waals surface area (Å²) in [6.45, 7) is 4.13. The average Bonchev–Trinajstić information content (AvgIpc) is 3.03. The Bertz CT molecular complexity index is 598. The van der Waals surface area contributed by atoms with E-state index in [9.17, 15) is 0 Å². The molecule has 7 heteroatoms. The van der Waals surface area contributed by atoms with E-state index in [-0.39, 0.29) is 12.7 Å². The van der Waals surface area contributed by atoms with Gasteiger partial charge in [-0.15, -0.1) is 0 Å². The van der Waals surface area contributed by atoms with E-state index in [0.717, 1.165) is 37.6 Å². The Morgan fingerprint density at radius 3 is 2.91 bits per heavy atom. The van der Waals surface area contributed by atoms with E-state index in [4.69, 9.17) is 9.84 Å². The van der Waals surface area contributed by atoms with Crippen molar-refractivity contribution in [3.05, 3.63) is 29.8 Å². The van der Waals surface area contributed by atoms with Crippen molar-refractivity contribution in [1.82, 2.24) is 20.2 Å². The third kappa shape index (κ3) is 3.26. The van der Waals surface area contributed by atoms with Crippen LogP contribution >= 0.6 is 0 Å². The Kier molecular flexibility index (Phi) is 4.65. The molecule has 7 nitrogen and oxygen atoms in total. The molecule has 0 aliphatic carbocycles. The van der Waals surface area contributed by atoms with Gasteiger partial charge in [0.25, 0.3) is 0 Å². The van der Waals surface area contributed by atoms with Gasteiger partial charge in [-0.3, -0.25) is 0 Å². The van der Waals surface area contributed by atoms with Crippen LogP contribution in [0.25, 0.3) is 5.69 Å². The van der Waals surface area contributed by atoms with Crippen molar-refractivity contribution in [3.8, 4) is 5.69 Å². The van der Waals surface area contributed by atoms with Crippen molar-refractivity contribution in [1.29, 1.82) is 0 Å². The van der Waals surface area contributed by atoms with E-state index in [0.29, 0.717) is 6.61 Å². The Hall–Kier alpha value is -1.99. The molecule has 2 aromatic rings. The summed E-state index contributed by atoms with van der Waals surface area (Å²) in [4.78, 5) is 2.14. The first kappa shape index (κ1) is 14.9. The van der Waals surface area contributed by atoms with E-state index in [1.807, 2.05) is 24.3 Å². The second-order valence-corrected chi connectivity index (χ2v) is 5.53. The highest BCUT2D eigenvalue weighted by Gasteiger charge is 2.24. The fraction of sp³-hybridized carbons (Fsp3) is 0.533. The first-order valence-electron chi connectivity index (χ1n) is 7.61. The van der Waals surface area contributed by atoms with Crippen molar-refractivity contribution in [2.45, 2.75) is 25.9 Å². The molecule has 118 valence electrons. The molecule has 1 aliphatic heterocycles. The molecule has 1 N–H and O–H groups in total. The molecule has 1 aromatic carbocycles. The van der Waals surface area contributed by atoms with Crippen LogP contribution in [0.1, 0.15) is 18.4 Å². The third-order valence-electron chi connectivity index (χ3n) is 3.84. The number of aromatic nitrogens is 4. The van der Waals surface area contributed by atoms with E-state index < -0.39 is 0 Å². The number of aryl methyl sites for hydroxylation is 1. The number of tetrazole rings is 1. The Morgan fingerprint density at radius 2 is 2.14 bits per heavy atom. The van der Waals surface area contributed by atoms with Crippen LogP contribution < -0.4 is 4.90 Å². The summed E-state index contributed by atoms with van der Waals surface area (Å²) in [6.07, 6.45) is 2.14. The first-order valence-corrected chi connectivity index (χ1v) is 7.61. The van der Waals surface area contributed by atoms with E-state index in [1.165, 1.54) is 5.56 Å². The van der Waals surface area contributed by atoms with Gasteiger partial charge < -0.3 is 14.7 Å². The van der Waals surface area contributed by atoms with Crippen molar-refractivity contribution >= 4 is 5.95 Å². The summed E-state index contributed by atoms with van der Waals surface area (Å²) in [5, 5.41) is 21.0. The van der Waals surface area contributed by atoms with E-state index >= 15 is 0 Å². The van der Waals surface area contributed by atoms with Crippen LogP contribution in [0.4, 0.5) is 5.95 Å². The summed E-state index contributed by atoms with van der Waals surface area (Å²) in [5.74, 6) is 0.737. The molecule has 1 aliphatic rings. The predicted molar refractivity (Wildman–Crippen MR) is 82.2 cm³/mol. The number of piperidine rings is 1. The summed E-state index contributed by atoms with van der Waals surface area (Å²) in [7, 11) is 0. The second-order valence-electron chi connectivity index (χ2n) is 5.53. The van der Waals surface area contributed by atoms with Gasteiger partial charge in [0, 0.05) is 13.1 Å². The van der Waals surface area contributed by atoms with Crippen LogP contribution in [0.5, 0.6) is 0 Å². The van der Waals surface area contributed by atoms with Crippen molar-refractivity contribution in [2.24, 2.45) is 0 Å². The SMILES string of the molecule is Cc1ccc(-n2nnnc2N2CCC[C@H](OCCO)C2)cc1. The highest BCUT2D eigenvalue weighted by atomic mass is 16.5. The summed E-state index contributed by atoms with van der Waals surface area (Å²) < 4.78 is 7.41. The number of hydrogen-bond acceptors (Lipinski definition) is 6. The highest BCUT2D eigenvalue weighted by molar-refractivity contribution is 5.42. The number of anilines is 1. The van der Waals surface area contributed by atoms with Gasteiger partial charge in [0.1, 0.15) is 0 Å². The molecule has 0 amide bonds. The van der Waals surface area contributed by atoms with Gasteiger partial charge in [-0.1, -0.05) is 22.8 Å². The van der Waals surface area contributed by atoms with E-state index in [2.05, 4.69) is 27.3 Å². The minimum absolute atomic E-state index is 0.0532. The van der Waals surface area contributed by atoms with Crippen molar-refractivity contribution in [2.75, 3.05) is 31.2 Å². The van der Waals surface area contributed by atoms with Crippen molar-refractivity contribution in [3.63, 3.8) is 0 Å². The number of aliphatic hydroxyl groups is 1. The summed E-state index contributed by atoms with van der Waals surface area (Å²) in [5.41, 5.74) is 2.15. The van der Waals surface area contributed by atoms with Crippen LogP contribution in [0.15, 0.2) is 24.3 Å².